The Morgan fingerprint density at radius 2 is 2.16 bits per heavy atom. The quantitative estimate of drug-likeness (QED) is 0.738. The number of thiophene rings is 1. The van der Waals surface area contributed by atoms with Crippen LogP contribution in [0.1, 0.15) is 11.3 Å². The normalized spacial score (nSPS) is 22.4. The molecule has 106 valence electrons. The van der Waals surface area contributed by atoms with E-state index in [1.54, 1.807) is 0 Å². The van der Waals surface area contributed by atoms with Gasteiger partial charge in [0.2, 0.25) is 10.0 Å². The third kappa shape index (κ3) is 3.51. The van der Waals surface area contributed by atoms with E-state index in [1.165, 1.54) is 12.1 Å². The molecule has 6 nitrogen and oxygen atoms in total. The molecule has 1 aliphatic heterocycles. The summed E-state index contributed by atoms with van der Waals surface area (Å²) in [4.78, 5) is 0.643. The van der Waals surface area contributed by atoms with Crippen molar-refractivity contribution in [1.29, 1.82) is 0 Å². The zero-order valence-corrected chi connectivity index (χ0v) is 13.0. The van der Waals surface area contributed by atoms with E-state index >= 15 is 0 Å². The van der Waals surface area contributed by atoms with Crippen molar-refractivity contribution in [1.82, 2.24) is 4.72 Å². The number of rotatable bonds is 4. The summed E-state index contributed by atoms with van der Waals surface area (Å²) in [5, 5.41) is 0. The Balaban J connectivity index is 2.16. The predicted molar refractivity (Wildman–Crippen MR) is 77.6 cm³/mol. The zero-order valence-electron chi connectivity index (χ0n) is 9.70. The number of sulfonamides is 1. The van der Waals surface area contributed by atoms with E-state index < -0.39 is 25.9 Å². The molecule has 0 radical (unpaired) electrons. The van der Waals surface area contributed by atoms with Gasteiger partial charge in [-0.3, -0.25) is 0 Å². The molecule has 2 rings (SSSR count). The van der Waals surface area contributed by atoms with E-state index in [0.29, 0.717) is 11.3 Å². The van der Waals surface area contributed by atoms with Gasteiger partial charge in [-0.05, 0) is 18.6 Å². The number of nitrogens with one attached hydrogen (secondary N) is 1. The summed E-state index contributed by atoms with van der Waals surface area (Å²) in [6.07, 6.45) is 0.301. The molecule has 1 saturated heterocycles. The highest BCUT2D eigenvalue weighted by molar-refractivity contribution is 7.92. The molecule has 0 amide bonds. The minimum absolute atomic E-state index is 0.0166. The maximum absolute atomic E-state index is 12.1. The lowest BCUT2D eigenvalue weighted by atomic mass is 10.3. The van der Waals surface area contributed by atoms with Crippen molar-refractivity contribution in [3.8, 4) is 0 Å². The van der Waals surface area contributed by atoms with Crippen molar-refractivity contribution in [3.63, 3.8) is 0 Å². The highest BCUT2D eigenvalue weighted by Crippen LogP contribution is 2.23. The van der Waals surface area contributed by atoms with Crippen molar-refractivity contribution in [2.45, 2.75) is 16.7 Å². The molecule has 1 fully saturated rings. The first-order valence-electron chi connectivity index (χ1n) is 5.32. The van der Waals surface area contributed by atoms with Crippen molar-refractivity contribution >= 4 is 48.4 Å². The number of nitrogens with two attached hydrogens (primary N) is 1. The summed E-state index contributed by atoms with van der Waals surface area (Å²) >= 11 is 5.73. The zero-order chi connectivity index (χ0) is 14.3. The molecule has 10 heteroatoms. The average molecular weight is 340 g/mol. The van der Waals surface area contributed by atoms with Crippen LogP contribution in [-0.2, 0) is 19.9 Å². The second kappa shape index (κ2) is 5.09. The minimum atomic E-state index is -3.72. The van der Waals surface area contributed by atoms with Gasteiger partial charge >= 0.3 is 0 Å². The summed E-state index contributed by atoms with van der Waals surface area (Å²) < 4.78 is 49.2. The molecule has 0 spiro atoms. The van der Waals surface area contributed by atoms with Gasteiger partial charge in [-0.2, -0.15) is 0 Å². The van der Waals surface area contributed by atoms with Gasteiger partial charge in [0.05, 0.1) is 16.4 Å². The van der Waals surface area contributed by atoms with Gasteiger partial charge < -0.3 is 5.73 Å². The number of hydrogen-bond acceptors (Lipinski definition) is 6. The summed E-state index contributed by atoms with van der Waals surface area (Å²) in [5.74, 6) is -0.136. The van der Waals surface area contributed by atoms with Crippen LogP contribution in [0, 0.1) is 0 Å². The molecule has 1 aliphatic rings. The van der Waals surface area contributed by atoms with Gasteiger partial charge in [0.15, 0.2) is 9.84 Å². The molecule has 0 aliphatic carbocycles. The monoisotopic (exact) mass is 340 g/mol. The lowest BCUT2D eigenvalue weighted by molar-refractivity contribution is 0.564. The molecule has 0 bridgehead atoms. The number of thiocarbonyl (C=S) groups is 1. The van der Waals surface area contributed by atoms with Crippen LogP contribution in [0.15, 0.2) is 16.3 Å². The summed E-state index contributed by atoms with van der Waals surface area (Å²) in [6.45, 7) is 0. The van der Waals surface area contributed by atoms with Crippen LogP contribution in [0.4, 0.5) is 0 Å². The highest BCUT2D eigenvalue weighted by atomic mass is 32.2. The van der Waals surface area contributed by atoms with Crippen molar-refractivity contribution < 1.29 is 16.8 Å². The van der Waals surface area contributed by atoms with Crippen LogP contribution in [0.2, 0.25) is 0 Å². The first kappa shape index (κ1) is 14.9. The molecule has 1 aromatic rings. The Morgan fingerprint density at radius 1 is 1.47 bits per heavy atom. The van der Waals surface area contributed by atoms with Crippen LogP contribution < -0.4 is 10.5 Å². The molecule has 1 unspecified atom stereocenters. The van der Waals surface area contributed by atoms with Gasteiger partial charge in [0, 0.05) is 6.04 Å². The maximum Gasteiger partial charge on any atom is 0.250 e. The van der Waals surface area contributed by atoms with Crippen LogP contribution in [0.3, 0.4) is 0 Å². The third-order valence-corrected chi connectivity index (χ3v) is 7.89. The van der Waals surface area contributed by atoms with E-state index in [1.807, 2.05) is 0 Å². The van der Waals surface area contributed by atoms with Crippen LogP contribution in [0.25, 0.3) is 0 Å². The van der Waals surface area contributed by atoms with Crippen LogP contribution >= 0.6 is 23.6 Å². The van der Waals surface area contributed by atoms with Crippen molar-refractivity contribution in [2.75, 3.05) is 11.5 Å². The number of sulfone groups is 1. The Bertz CT molecular complexity index is 704. The van der Waals surface area contributed by atoms with Crippen LogP contribution in [-0.4, -0.2) is 39.4 Å². The Labute approximate surface area is 121 Å². The minimum Gasteiger partial charge on any atom is -0.389 e. The third-order valence-electron chi connectivity index (χ3n) is 2.64. The second-order valence-corrected chi connectivity index (χ2v) is 9.90. The molecule has 3 N–H and O–H groups in total. The molecule has 2 heterocycles. The molecule has 19 heavy (non-hydrogen) atoms. The Hall–Kier alpha value is -0.550. The van der Waals surface area contributed by atoms with Gasteiger partial charge in [0.25, 0.3) is 0 Å². The largest absolute Gasteiger partial charge is 0.389 e. The first-order valence-corrected chi connectivity index (χ1v) is 9.85. The van der Waals surface area contributed by atoms with E-state index in [4.69, 9.17) is 18.0 Å². The van der Waals surface area contributed by atoms with E-state index in [9.17, 15) is 16.8 Å². The Morgan fingerprint density at radius 3 is 2.63 bits per heavy atom. The smallest absolute Gasteiger partial charge is 0.250 e. The summed E-state index contributed by atoms with van der Waals surface area (Å²) in [5.41, 5.74) is 5.42. The Kier molecular flexibility index (Phi) is 3.98. The van der Waals surface area contributed by atoms with E-state index in [2.05, 4.69) is 4.72 Å². The lowest BCUT2D eigenvalue weighted by Gasteiger charge is -2.09. The molecule has 1 atom stereocenters. The highest BCUT2D eigenvalue weighted by Gasteiger charge is 2.31. The molecule has 0 saturated carbocycles. The molecule has 0 aromatic carbocycles. The number of hydrogen-bond donors (Lipinski definition) is 2. The van der Waals surface area contributed by atoms with Gasteiger partial charge in [-0.1, -0.05) is 12.2 Å². The maximum atomic E-state index is 12.1. The first-order chi connectivity index (χ1) is 8.70. The summed E-state index contributed by atoms with van der Waals surface area (Å²) in [6, 6.07) is 2.38. The molecule has 1 aromatic heterocycles. The van der Waals surface area contributed by atoms with E-state index in [0.717, 1.165) is 11.3 Å². The van der Waals surface area contributed by atoms with Gasteiger partial charge in [-0.15, -0.1) is 11.3 Å². The lowest BCUT2D eigenvalue weighted by Crippen LogP contribution is -2.35. The predicted octanol–water partition coefficient (Wildman–Crippen LogP) is -0.152. The van der Waals surface area contributed by atoms with Gasteiger partial charge in [0.1, 0.15) is 9.20 Å². The van der Waals surface area contributed by atoms with E-state index in [-0.39, 0.29) is 20.7 Å². The standard InChI is InChI=1S/C9H12N2O4S4/c10-9(16)7-1-2-8(17-7)19(14,15)11-6-3-4-18(12,13)5-6/h1-2,6,11H,3-5H2,(H2,10,16). The fourth-order valence-electron chi connectivity index (χ4n) is 1.76. The molecular weight excluding hydrogens is 328 g/mol. The fraction of sp³-hybridized carbons (Fsp3) is 0.444. The van der Waals surface area contributed by atoms with Crippen molar-refractivity contribution in [2.24, 2.45) is 5.73 Å². The second-order valence-electron chi connectivity index (χ2n) is 4.20. The SMILES string of the molecule is NC(=S)c1ccc(S(=O)(=O)NC2CCS(=O)(=O)C2)s1. The fourth-order valence-corrected chi connectivity index (χ4v) is 6.18. The topological polar surface area (TPSA) is 106 Å². The average Bonchev–Trinajstić information content (AvgIpc) is 2.84. The molecular formula is C9H12N2O4S4. The summed E-state index contributed by atoms with van der Waals surface area (Å²) in [7, 11) is -6.84. The van der Waals surface area contributed by atoms with Crippen molar-refractivity contribution in [3.05, 3.63) is 17.0 Å². The van der Waals surface area contributed by atoms with Gasteiger partial charge in [-0.25, -0.2) is 21.6 Å². The van der Waals surface area contributed by atoms with Crippen LogP contribution in [0.5, 0.6) is 0 Å².